The number of nitriles is 2. The predicted molar refractivity (Wildman–Crippen MR) is 86.8 cm³/mol. The van der Waals surface area contributed by atoms with E-state index < -0.39 is 11.0 Å². The molecule has 1 aromatic rings. The van der Waals surface area contributed by atoms with E-state index in [4.69, 9.17) is 5.26 Å². The Morgan fingerprint density at radius 3 is 2.39 bits per heavy atom. The molecule has 0 amide bonds. The molecule has 3 nitrogen and oxygen atoms in total. The van der Waals surface area contributed by atoms with Gasteiger partial charge < -0.3 is 5.11 Å². The summed E-state index contributed by atoms with van der Waals surface area (Å²) in [7, 11) is 0. The van der Waals surface area contributed by atoms with Gasteiger partial charge in [-0.25, -0.2) is 0 Å². The molecule has 3 heteroatoms. The first-order valence-corrected chi connectivity index (χ1v) is 8.30. The van der Waals surface area contributed by atoms with Crippen LogP contribution >= 0.6 is 0 Å². The van der Waals surface area contributed by atoms with Crippen LogP contribution < -0.4 is 0 Å². The molecule has 2 aliphatic carbocycles. The van der Waals surface area contributed by atoms with Gasteiger partial charge in [0.25, 0.3) is 0 Å². The van der Waals surface area contributed by atoms with Gasteiger partial charge in [0.05, 0.1) is 23.1 Å². The van der Waals surface area contributed by atoms with Crippen LogP contribution in [-0.4, -0.2) is 10.7 Å². The summed E-state index contributed by atoms with van der Waals surface area (Å²) in [5.41, 5.74) is -0.661. The normalized spacial score (nSPS) is 21.9. The van der Waals surface area contributed by atoms with Crippen molar-refractivity contribution < 1.29 is 5.11 Å². The summed E-state index contributed by atoms with van der Waals surface area (Å²) in [4.78, 5) is 0. The van der Waals surface area contributed by atoms with Crippen molar-refractivity contribution >= 4 is 0 Å². The quantitative estimate of drug-likeness (QED) is 0.850. The molecule has 116 valence electrons. The van der Waals surface area contributed by atoms with E-state index in [1.807, 2.05) is 6.07 Å². The highest BCUT2D eigenvalue weighted by molar-refractivity contribution is 5.44. The summed E-state index contributed by atoms with van der Waals surface area (Å²) in [5.74, 6) is 6.17. The third-order valence-corrected chi connectivity index (χ3v) is 5.28. The minimum Gasteiger partial charge on any atom is -0.376 e. The Morgan fingerprint density at radius 2 is 1.78 bits per heavy atom. The fraction of sp³-hybridized carbons (Fsp3) is 0.500. The molecule has 2 aliphatic rings. The van der Waals surface area contributed by atoms with Gasteiger partial charge in [0.2, 0.25) is 0 Å². The molecule has 0 aromatic heterocycles. The zero-order chi connectivity index (χ0) is 16.3. The largest absolute Gasteiger partial charge is 0.376 e. The fourth-order valence-electron chi connectivity index (χ4n) is 3.67. The second-order valence-corrected chi connectivity index (χ2v) is 6.74. The number of nitrogens with zero attached hydrogens (tertiary/aromatic N) is 2. The van der Waals surface area contributed by atoms with Crippen LogP contribution in [-0.2, 0) is 0 Å². The molecule has 0 heterocycles. The van der Waals surface area contributed by atoms with E-state index in [9.17, 15) is 10.4 Å². The molecule has 0 bridgehead atoms. The van der Waals surface area contributed by atoms with Gasteiger partial charge in [-0.15, -0.1) is 0 Å². The summed E-state index contributed by atoms with van der Waals surface area (Å²) in [5, 5.41) is 29.9. The van der Waals surface area contributed by atoms with Crippen molar-refractivity contribution in [1.82, 2.24) is 0 Å². The summed E-state index contributed by atoms with van der Waals surface area (Å²) in [6.45, 7) is 0. The monoisotopic (exact) mass is 304 g/mol. The van der Waals surface area contributed by atoms with Gasteiger partial charge in [-0.05, 0) is 43.9 Å². The van der Waals surface area contributed by atoms with Crippen molar-refractivity contribution in [1.29, 1.82) is 10.5 Å². The first-order valence-electron chi connectivity index (χ1n) is 8.30. The van der Waals surface area contributed by atoms with Gasteiger partial charge in [0.15, 0.2) is 0 Å². The van der Waals surface area contributed by atoms with E-state index >= 15 is 0 Å². The molecule has 0 radical (unpaired) electrons. The highest BCUT2D eigenvalue weighted by Crippen LogP contribution is 2.58. The third-order valence-electron chi connectivity index (χ3n) is 5.28. The van der Waals surface area contributed by atoms with Crippen molar-refractivity contribution in [3.8, 4) is 24.0 Å². The van der Waals surface area contributed by atoms with Crippen LogP contribution in [0.15, 0.2) is 24.3 Å². The molecule has 1 atom stereocenters. The average Bonchev–Trinajstić information content (AvgIpc) is 3.42. The Balaban J connectivity index is 1.96. The standard InChI is InChI=1S/C20H20N2O/c21-14-17-6-4-5-16(13-17)9-10-20(23,19(15-22)11-12-19)18-7-2-1-3-8-18/h4-6,13,18,23H,1-3,7-8,11-12H2/t20-/m1/s1. The maximum atomic E-state index is 11.4. The topological polar surface area (TPSA) is 67.8 Å². The lowest BCUT2D eigenvalue weighted by Gasteiger charge is -2.38. The minimum atomic E-state index is -1.23. The van der Waals surface area contributed by atoms with Gasteiger partial charge in [-0.2, -0.15) is 10.5 Å². The first-order chi connectivity index (χ1) is 11.1. The van der Waals surface area contributed by atoms with E-state index in [2.05, 4.69) is 24.0 Å². The Hall–Kier alpha value is -2.28. The number of hydrogen-bond donors (Lipinski definition) is 1. The molecule has 0 saturated heterocycles. The summed E-state index contributed by atoms with van der Waals surface area (Å²) in [6, 6.07) is 11.5. The fourth-order valence-corrected chi connectivity index (χ4v) is 3.67. The molecule has 0 aliphatic heterocycles. The maximum absolute atomic E-state index is 11.4. The summed E-state index contributed by atoms with van der Waals surface area (Å²) < 4.78 is 0. The Morgan fingerprint density at radius 1 is 1.09 bits per heavy atom. The highest BCUT2D eigenvalue weighted by atomic mass is 16.3. The molecule has 2 fully saturated rings. The van der Waals surface area contributed by atoms with Crippen LogP contribution in [0.2, 0.25) is 0 Å². The molecule has 2 saturated carbocycles. The Labute approximate surface area is 137 Å². The van der Waals surface area contributed by atoms with Crippen LogP contribution in [0.5, 0.6) is 0 Å². The average molecular weight is 304 g/mol. The Bertz CT molecular complexity index is 733. The summed E-state index contributed by atoms with van der Waals surface area (Å²) in [6.07, 6.45) is 6.72. The lowest BCUT2D eigenvalue weighted by molar-refractivity contribution is -0.0233. The lowest BCUT2D eigenvalue weighted by Crippen LogP contribution is -2.46. The van der Waals surface area contributed by atoms with E-state index in [0.29, 0.717) is 11.1 Å². The van der Waals surface area contributed by atoms with Gasteiger partial charge in [0.1, 0.15) is 5.60 Å². The highest BCUT2D eigenvalue weighted by Gasteiger charge is 2.62. The van der Waals surface area contributed by atoms with Crippen LogP contribution in [0.4, 0.5) is 0 Å². The number of rotatable bonds is 2. The second kappa shape index (κ2) is 6.08. The second-order valence-electron chi connectivity index (χ2n) is 6.74. The minimum absolute atomic E-state index is 0.0741. The van der Waals surface area contributed by atoms with E-state index in [0.717, 1.165) is 38.5 Å². The van der Waals surface area contributed by atoms with E-state index in [1.165, 1.54) is 6.42 Å². The van der Waals surface area contributed by atoms with Crippen molar-refractivity contribution in [2.45, 2.75) is 50.5 Å². The molecule has 1 N–H and O–H groups in total. The molecule has 0 spiro atoms. The van der Waals surface area contributed by atoms with E-state index in [1.54, 1.807) is 18.2 Å². The smallest absolute Gasteiger partial charge is 0.147 e. The van der Waals surface area contributed by atoms with Crippen LogP contribution in [0.1, 0.15) is 56.1 Å². The van der Waals surface area contributed by atoms with Crippen LogP contribution in [0.3, 0.4) is 0 Å². The summed E-state index contributed by atoms with van der Waals surface area (Å²) >= 11 is 0. The van der Waals surface area contributed by atoms with Crippen molar-refractivity contribution in [3.63, 3.8) is 0 Å². The SMILES string of the molecule is N#Cc1cccc(C#C[C@@](O)(C2CCCCC2)C2(C#N)CC2)c1. The molecule has 0 unspecified atom stereocenters. The molecular weight excluding hydrogens is 284 g/mol. The van der Waals surface area contributed by atoms with Crippen molar-refractivity contribution in [3.05, 3.63) is 35.4 Å². The lowest BCUT2D eigenvalue weighted by atomic mass is 9.69. The maximum Gasteiger partial charge on any atom is 0.147 e. The van der Waals surface area contributed by atoms with Gasteiger partial charge in [-0.3, -0.25) is 0 Å². The number of aliphatic hydroxyl groups is 1. The predicted octanol–water partition coefficient (Wildman–Crippen LogP) is 3.52. The Kier molecular flexibility index (Phi) is 4.12. The zero-order valence-electron chi connectivity index (χ0n) is 13.2. The molecule has 3 rings (SSSR count). The van der Waals surface area contributed by atoms with Gasteiger partial charge in [0, 0.05) is 11.5 Å². The number of hydrogen-bond acceptors (Lipinski definition) is 3. The first kappa shape index (κ1) is 15.6. The molecule has 1 aromatic carbocycles. The van der Waals surface area contributed by atoms with Crippen LogP contribution in [0.25, 0.3) is 0 Å². The van der Waals surface area contributed by atoms with Crippen molar-refractivity contribution in [2.24, 2.45) is 11.3 Å². The van der Waals surface area contributed by atoms with Crippen molar-refractivity contribution in [2.75, 3.05) is 0 Å². The zero-order valence-corrected chi connectivity index (χ0v) is 13.2. The van der Waals surface area contributed by atoms with Gasteiger partial charge in [-0.1, -0.05) is 37.2 Å². The third kappa shape index (κ3) is 2.84. The van der Waals surface area contributed by atoms with E-state index in [-0.39, 0.29) is 5.92 Å². The van der Waals surface area contributed by atoms with Gasteiger partial charge >= 0.3 is 0 Å². The van der Waals surface area contributed by atoms with Crippen LogP contribution in [0, 0.1) is 45.8 Å². The number of benzene rings is 1. The molecular formula is C20H20N2O. The molecule has 23 heavy (non-hydrogen) atoms.